The van der Waals surface area contributed by atoms with Crippen LogP contribution in [0.25, 0.3) is 11.3 Å². The zero-order chi connectivity index (χ0) is 19.6. The van der Waals surface area contributed by atoms with Crippen molar-refractivity contribution in [1.29, 1.82) is 0 Å². The minimum Gasteiger partial charge on any atom is -0.497 e. The Morgan fingerprint density at radius 2 is 1.85 bits per heavy atom. The van der Waals surface area contributed by atoms with Crippen LogP contribution in [0.2, 0.25) is 0 Å². The van der Waals surface area contributed by atoms with E-state index in [4.69, 9.17) is 4.74 Å². The molecule has 5 nitrogen and oxygen atoms in total. The van der Waals surface area contributed by atoms with Crippen LogP contribution in [-0.2, 0) is 6.54 Å². The van der Waals surface area contributed by atoms with Gasteiger partial charge in [-0.15, -0.1) is 13.2 Å². The van der Waals surface area contributed by atoms with E-state index in [1.54, 1.807) is 7.11 Å². The number of nitrogens with one attached hydrogen (secondary N) is 2. The smallest absolute Gasteiger partial charge is 0.118 e. The van der Waals surface area contributed by atoms with E-state index in [0.717, 1.165) is 48.7 Å². The number of aromatic nitrogens is 2. The summed E-state index contributed by atoms with van der Waals surface area (Å²) < 4.78 is 5.24. The molecule has 27 heavy (non-hydrogen) atoms. The Bertz CT molecular complexity index is 695. The number of aromatic amines is 1. The molecule has 0 saturated heterocycles. The summed E-state index contributed by atoms with van der Waals surface area (Å²) in [5.74, 6) is 1.38. The lowest BCUT2D eigenvalue weighted by Crippen LogP contribution is -2.45. The van der Waals surface area contributed by atoms with Gasteiger partial charge in [0.1, 0.15) is 5.75 Å². The number of hydrogen-bond donors (Lipinski definition) is 2. The molecule has 1 unspecified atom stereocenters. The van der Waals surface area contributed by atoms with Gasteiger partial charge in [0.2, 0.25) is 0 Å². The highest BCUT2D eigenvalue weighted by Gasteiger charge is 2.20. The predicted molar refractivity (Wildman–Crippen MR) is 113 cm³/mol. The topological polar surface area (TPSA) is 53.2 Å². The first kappa shape index (κ1) is 20.9. The highest BCUT2D eigenvalue weighted by atomic mass is 16.5. The second-order valence-electron chi connectivity index (χ2n) is 6.97. The van der Waals surface area contributed by atoms with Crippen molar-refractivity contribution in [2.75, 3.05) is 26.7 Å². The first-order valence-electron chi connectivity index (χ1n) is 9.43. The zero-order valence-electron chi connectivity index (χ0n) is 16.7. The molecule has 2 aromatic rings. The van der Waals surface area contributed by atoms with Gasteiger partial charge in [-0.05, 0) is 30.2 Å². The summed E-state index contributed by atoms with van der Waals surface area (Å²) in [5.41, 5.74) is 3.30. The van der Waals surface area contributed by atoms with Crippen LogP contribution < -0.4 is 10.1 Å². The van der Waals surface area contributed by atoms with Crippen LogP contribution in [0.5, 0.6) is 5.75 Å². The first-order chi connectivity index (χ1) is 13.1. The normalized spacial score (nSPS) is 12.3. The molecule has 0 bridgehead atoms. The van der Waals surface area contributed by atoms with E-state index in [9.17, 15) is 0 Å². The van der Waals surface area contributed by atoms with Gasteiger partial charge >= 0.3 is 0 Å². The molecule has 0 aliphatic carbocycles. The number of H-pyrrole nitrogens is 1. The van der Waals surface area contributed by atoms with E-state index < -0.39 is 0 Å². The SMILES string of the molecule is C=CCN(CC=C)C(CNCc1cn[nH]c1-c1ccc(OC)cc1)C(C)C. The monoisotopic (exact) mass is 368 g/mol. The van der Waals surface area contributed by atoms with Gasteiger partial charge in [0.25, 0.3) is 0 Å². The predicted octanol–water partition coefficient (Wildman–Crippen LogP) is 3.87. The molecule has 0 amide bonds. The molecule has 1 aromatic heterocycles. The molecule has 0 spiro atoms. The Hall–Kier alpha value is -2.37. The van der Waals surface area contributed by atoms with Gasteiger partial charge in [0.15, 0.2) is 0 Å². The highest BCUT2D eigenvalue weighted by molar-refractivity contribution is 5.63. The second kappa shape index (κ2) is 10.7. The fraction of sp³-hybridized carbons (Fsp3) is 0.409. The zero-order valence-corrected chi connectivity index (χ0v) is 16.7. The third-order valence-corrected chi connectivity index (χ3v) is 4.73. The molecule has 2 rings (SSSR count). The molecule has 0 radical (unpaired) electrons. The standard InChI is InChI=1S/C22H32N4O/c1-6-12-26(13-7-2)21(17(3)4)16-23-14-19-15-24-25-22(19)18-8-10-20(27-5)11-9-18/h6-11,15,17,21,23H,1-2,12-14,16H2,3-5H3,(H,24,25). The van der Waals surface area contributed by atoms with Crippen LogP contribution in [0.4, 0.5) is 0 Å². The lowest BCUT2D eigenvalue weighted by atomic mass is 10.0. The molecule has 1 heterocycles. The van der Waals surface area contributed by atoms with Gasteiger partial charge < -0.3 is 10.1 Å². The third-order valence-electron chi connectivity index (χ3n) is 4.73. The van der Waals surface area contributed by atoms with Crippen molar-refractivity contribution < 1.29 is 4.74 Å². The summed E-state index contributed by atoms with van der Waals surface area (Å²) in [7, 11) is 1.67. The van der Waals surface area contributed by atoms with Crippen molar-refractivity contribution in [3.8, 4) is 17.0 Å². The Morgan fingerprint density at radius 3 is 2.41 bits per heavy atom. The molecule has 1 aromatic carbocycles. The Balaban J connectivity index is 2.02. The van der Waals surface area contributed by atoms with Gasteiger partial charge in [0, 0.05) is 43.3 Å². The van der Waals surface area contributed by atoms with Crippen LogP contribution in [-0.4, -0.2) is 47.9 Å². The first-order valence-corrected chi connectivity index (χ1v) is 9.43. The van der Waals surface area contributed by atoms with Crippen LogP contribution in [0.15, 0.2) is 55.8 Å². The van der Waals surface area contributed by atoms with Crippen LogP contribution >= 0.6 is 0 Å². The van der Waals surface area contributed by atoms with Gasteiger partial charge in [0.05, 0.1) is 19.0 Å². The van der Waals surface area contributed by atoms with E-state index in [1.807, 2.05) is 42.6 Å². The number of hydrogen-bond acceptors (Lipinski definition) is 4. The maximum absolute atomic E-state index is 5.24. The number of benzene rings is 1. The quantitative estimate of drug-likeness (QED) is 0.558. The maximum atomic E-state index is 5.24. The Kier molecular flexibility index (Phi) is 8.30. The summed E-state index contributed by atoms with van der Waals surface area (Å²) in [6, 6.07) is 8.43. The maximum Gasteiger partial charge on any atom is 0.118 e. The molecule has 1 atom stereocenters. The van der Waals surface area contributed by atoms with Crippen molar-refractivity contribution in [3.63, 3.8) is 0 Å². The van der Waals surface area contributed by atoms with E-state index in [-0.39, 0.29) is 0 Å². The molecule has 0 saturated carbocycles. The molecular weight excluding hydrogens is 336 g/mol. The molecule has 146 valence electrons. The molecule has 2 N–H and O–H groups in total. The number of methoxy groups -OCH3 is 1. The van der Waals surface area contributed by atoms with Gasteiger partial charge in [-0.25, -0.2) is 0 Å². The fourth-order valence-corrected chi connectivity index (χ4v) is 3.27. The van der Waals surface area contributed by atoms with Crippen LogP contribution in [0.1, 0.15) is 19.4 Å². The lowest BCUT2D eigenvalue weighted by molar-refractivity contribution is 0.184. The van der Waals surface area contributed by atoms with Crippen LogP contribution in [0, 0.1) is 5.92 Å². The molecule has 0 fully saturated rings. The largest absolute Gasteiger partial charge is 0.497 e. The minimum atomic E-state index is 0.414. The third kappa shape index (κ3) is 5.81. The highest BCUT2D eigenvalue weighted by Crippen LogP contribution is 2.23. The Morgan fingerprint density at radius 1 is 1.19 bits per heavy atom. The van der Waals surface area contributed by atoms with Crippen molar-refractivity contribution in [1.82, 2.24) is 20.4 Å². The van der Waals surface area contributed by atoms with Gasteiger partial charge in [-0.3, -0.25) is 10.00 Å². The van der Waals surface area contributed by atoms with Crippen molar-refractivity contribution in [3.05, 3.63) is 61.3 Å². The van der Waals surface area contributed by atoms with Crippen molar-refractivity contribution in [2.24, 2.45) is 5.92 Å². The molecular formula is C22H32N4O. The molecule has 0 aliphatic heterocycles. The fourth-order valence-electron chi connectivity index (χ4n) is 3.27. The van der Waals surface area contributed by atoms with Gasteiger partial charge in [-0.2, -0.15) is 5.10 Å². The summed E-state index contributed by atoms with van der Waals surface area (Å²) in [4.78, 5) is 2.40. The van der Waals surface area contributed by atoms with Crippen LogP contribution in [0.3, 0.4) is 0 Å². The minimum absolute atomic E-state index is 0.414. The number of nitrogens with zero attached hydrogens (tertiary/aromatic N) is 2. The average molecular weight is 369 g/mol. The van der Waals surface area contributed by atoms with E-state index in [1.165, 1.54) is 0 Å². The van der Waals surface area contributed by atoms with E-state index >= 15 is 0 Å². The number of rotatable bonds is 12. The molecule has 5 heteroatoms. The second-order valence-corrected chi connectivity index (χ2v) is 6.97. The lowest BCUT2D eigenvalue weighted by Gasteiger charge is -2.33. The summed E-state index contributed by atoms with van der Waals surface area (Å²) in [6.45, 7) is 15.7. The summed E-state index contributed by atoms with van der Waals surface area (Å²) in [6.07, 6.45) is 5.80. The summed E-state index contributed by atoms with van der Waals surface area (Å²) >= 11 is 0. The van der Waals surface area contributed by atoms with Crippen molar-refractivity contribution >= 4 is 0 Å². The number of ether oxygens (including phenoxy) is 1. The average Bonchev–Trinajstić information content (AvgIpc) is 3.13. The van der Waals surface area contributed by atoms with E-state index in [2.05, 4.69) is 47.4 Å². The molecule has 0 aliphatic rings. The van der Waals surface area contributed by atoms with Crippen molar-refractivity contribution in [2.45, 2.75) is 26.4 Å². The van der Waals surface area contributed by atoms with E-state index in [0.29, 0.717) is 12.0 Å². The van der Waals surface area contributed by atoms with Gasteiger partial charge in [-0.1, -0.05) is 26.0 Å². The Labute approximate surface area is 163 Å². The summed E-state index contributed by atoms with van der Waals surface area (Å²) in [5, 5.41) is 11.0.